The minimum atomic E-state index is 0.764. The molecular formula is C13H27NO. The first kappa shape index (κ1) is 13.0. The Bertz CT molecular complexity index is 135. The molecule has 2 nitrogen and oxygen atoms in total. The molecule has 0 spiro atoms. The zero-order valence-corrected chi connectivity index (χ0v) is 10.4. The van der Waals surface area contributed by atoms with Crippen molar-refractivity contribution in [3.8, 4) is 0 Å². The summed E-state index contributed by atoms with van der Waals surface area (Å²) in [5.41, 5.74) is 0. The van der Waals surface area contributed by atoms with Crippen molar-refractivity contribution < 1.29 is 4.74 Å². The molecule has 0 saturated heterocycles. The monoisotopic (exact) mass is 213 g/mol. The minimum absolute atomic E-state index is 0.764. The van der Waals surface area contributed by atoms with Gasteiger partial charge in [0.1, 0.15) is 0 Å². The molecule has 0 aromatic rings. The second-order valence-electron chi connectivity index (χ2n) is 5.15. The van der Waals surface area contributed by atoms with Crippen LogP contribution in [0.2, 0.25) is 0 Å². The van der Waals surface area contributed by atoms with E-state index in [1.807, 2.05) is 0 Å². The molecule has 0 amide bonds. The van der Waals surface area contributed by atoms with Crippen LogP contribution in [0.3, 0.4) is 0 Å². The van der Waals surface area contributed by atoms with Gasteiger partial charge in [0.05, 0.1) is 0 Å². The van der Waals surface area contributed by atoms with Crippen molar-refractivity contribution in [1.29, 1.82) is 0 Å². The highest BCUT2D eigenvalue weighted by atomic mass is 16.5. The van der Waals surface area contributed by atoms with E-state index in [2.05, 4.69) is 19.2 Å². The Hall–Kier alpha value is -0.0800. The molecule has 1 rings (SSSR count). The molecule has 0 aromatic heterocycles. The molecule has 1 saturated carbocycles. The van der Waals surface area contributed by atoms with E-state index in [9.17, 15) is 0 Å². The highest BCUT2D eigenvalue weighted by Crippen LogP contribution is 2.32. The summed E-state index contributed by atoms with van der Waals surface area (Å²) in [4.78, 5) is 0. The van der Waals surface area contributed by atoms with Crippen LogP contribution < -0.4 is 5.32 Å². The molecule has 0 heterocycles. The predicted molar refractivity (Wildman–Crippen MR) is 65.1 cm³/mol. The van der Waals surface area contributed by atoms with E-state index in [1.54, 1.807) is 0 Å². The van der Waals surface area contributed by atoms with Crippen LogP contribution in [0.5, 0.6) is 0 Å². The first-order chi connectivity index (χ1) is 7.29. The number of nitrogens with one attached hydrogen (secondary N) is 1. The highest BCUT2D eigenvalue weighted by molar-refractivity contribution is 4.72. The summed E-state index contributed by atoms with van der Waals surface area (Å²) in [7, 11) is 0. The van der Waals surface area contributed by atoms with E-state index < -0.39 is 0 Å². The molecule has 0 unspecified atom stereocenters. The third-order valence-electron chi connectivity index (χ3n) is 2.81. The van der Waals surface area contributed by atoms with E-state index in [-0.39, 0.29) is 0 Å². The molecule has 15 heavy (non-hydrogen) atoms. The Morgan fingerprint density at radius 1 is 1.20 bits per heavy atom. The molecule has 1 aliphatic carbocycles. The molecule has 0 aliphatic heterocycles. The average Bonchev–Trinajstić information content (AvgIpc) is 2.98. The zero-order valence-electron chi connectivity index (χ0n) is 10.4. The fraction of sp³-hybridized carbons (Fsp3) is 1.00. The number of hydrogen-bond acceptors (Lipinski definition) is 2. The number of ether oxygens (including phenoxy) is 1. The Balaban J connectivity index is 1.65. The second kappa shape index (κ2) is 8.12. The van der Waals surface area contributed by atoms with Gasteiger partial charge in [-0.1, -0.05) is 26.7 Å². The molecule has 90 valence electrons. The summed E-state index contributed by atoms with van der Waals surface area (Å²) in [6, 6.07) is 0. The summed E-state index contributed by atoms with van der Waals surface area (Å²) in [5.74, 6) is 1.78. The maximum Gasteiger partial charge on any atom is 0.0468 e. The SMILES string of the molecule is CC(C)CNCCCCOCCC1CC1. The molecule has 2 heteroatoms. The van der Waals surface area contributed by atoms with Crippen LogP contribution in [-0.4, -0.2) is 26.3 Å². The Kier molecular flexibility index (Phi) is 7.03. The summed E-state index contributed by atoms with van der Waals surface area (Å²) < 4.78 is 5.58. The third kappa shape index (κ3) is 8.88. The van der Waals surface area contributed by atoms with Crippen LogP contribution in [-0.2, 0) is 4.74 Å². The van der Waals surface area contributed by atoms with Crippen molar-refractivity contribution in [3.63, 3.8) is 0 Å². The summed E-state index contributed by atoms with van der Waals surface area (Å²) >= 11 is 0. The van der Waals surface area contributed by atoms with Crippen molar-refractivity contribution in [1.82, 2.24) is 5.32 Å². The Labute approximate surface area is 94.8 Å². The van der Waals surface area contributed by atoms with Crippen LogP contribution in [0, 0.1) is 11.8 Å². The van der Waals surface area contributed by atoms with Gasteiger partial charge in [0.15, 0.2) is 0 Å². The number of rotatable bonds is 10. The van der Waals surface area contributed by atoms with Gasteiger partial charge >= 0.3 is 0 Å². The maximum absolute atomic E-state index is 5.58. The van der Waals surface area contributed by atoms with Gasteiger partial charge in [-0.25, -0.2) is 0 Å². The minimum Gasteiger partial charge on any atom is -0.381 e. The van der Waals surface area contributed by atoms with E-state index >= 15 is 0 Å². The first-order valence-electron chi connectivity index (χ1n) is 6.57. The zero-order chi connectivity index (χ0) is 10.9. The molecule has 0 radical (unpaired) electrons. The van der Waals surface area contributed by atoms with Crippen LogP contribution in [0.25, 0.3) is 0 Å². The lowest BCUT2D eigenvalue weighted by Crippen LogP contribution is -2.20. The van der Waals surface area contributed by atoms with Crippen LogP contribution in [0.4, 0.5) is 0 Å². The van der Waals surface area contributed by atoms with Gasteiger partial charge in [-0.3, -0.25) is 0 Å². The van der Waals surface area contributed by atoms with Gasteiger partial charge in [0.25, 0.3) is 0 Å². The Morgan fingerprint density at radius 3 is 2.67 bits per heavy atom. The quantitative estimate of drug-likeness (QED) is 0.563. The topological polar surface area (TPSA) is 21.3 Å². The molecule has 0 atom stereocenters. The molecule has 0 bridgehead atoms. The summed E-state index contributed by atoms with van der Waals surface area (Å²) in [6.45, 7) is 8.72. The maximum atomic E-state index is 5.58. The molecular weight excluding hydrogens is 186 g/mol. The largest absolute Gasteiger partial charge is 0.381 e. The third-order valence-corrected chi connectivity index (χ3v) is 2.81. The summed E-state index contributed by atoms with van der Waals surface area (Å²) in [5, 5.41) is 3.45. The molecule has 0 aromatic carbocycles. The van der Waals surface area contributed by atoms with Crippen molar-refractivity contribution >= 4 is 0 Å². The lowest BCUT2D eigenvalue weighted by atomic mass is 10.2. The van der Waals surface area contributed by atoms with Crippen LogP contribution in [0.1, 0.15) is 46.0 Å². The van der Waals surface area contributed by atoms with E-state index in [4.69, 9.17) is 4.74 Å². The van der Waals surface area contributed by atoms with Crippen molar-refractivity contribution in [2.24, 2.45) is 11.8 Å². The lowest BCUT2D eigenvalue weighted by Gasteiger charge is -2.07. The second-order valence-corrected chi connectivity index (χ2v) is 5.15. The van der Waals surface area contributed by atoms with Crippen molar-refractivity contribution in [2.45, 2.75) is 46.0 Å². The van der Waals surface area contributed by atoms with Gasteiger partial charge in [-0.05, 0) is 44.2 Å². The molecule has 1 aliphatic rings. The van der Waals surface area contributed by atoms with Crippen molar-refractivity contribution in [3.05, 3.63) is 0 Å². The fourth-order valence-corrected chi connectivity index (χ4v) is 1.60. The van der Waals surface area contributed by atoms with Crippen LogP contribution in [0.15, 0.2) is 0 Å². The highest BCUT2D eigenvalue weighted by Gasteiger charge is 2.20. The van der Waals surface area contributed by atoms with Crippen molar-refractivity contribution in [2.75, 3.05) is 26.3 Å². The predicted octanol–water partition coefficient (Wildman–Crippen LogP) is 2.83. The Morgan fingerprint density at radius 2 is 2.00 bits per heavy atom. The summed E-state index contributed by atoms with van der Waals surface area (Å²) in [6.07, 6.45) is 6.64. The molecule has 1 N–H and O–H groups in total. The molecule has 1 fully saturated rings. The van der Waals surface area contributed by atoms with E-state index in [0.717, 1.165) is 38.1 Å². The van der Waals surface area contributed by atoms with E-state index in [0.29, 0.717) is 0 Å². The number of unbranched alkanes of at least 4 members (excludes halogenated alkanes) is 1. The van der Waals surface area contributed by atoms with Gasteiger partial charge in [0, 0.05) is 13.2 Å². The van der Waals surface area contributed by atoms with Gasteiger partial charge in [-0.2, -0.15) is 0 Å². The van der Waals surface area contributed by atoms with E-state index in [1.165, 1.54) is 32.1 Å². The number of hydrogen-bond donors (Lipinski definition) is 1. The smallest absolute Gasteiger partial charge is 0.0468 e. The first-order valence-corrected chi connectivity index (χ1v) is 6.57. The van der Waals surface area contributed by atoms with Gasteiger partial charge in [-0.15, -0.1) is 0 Å². The fourth-order valence-electron chi connectivity index (χ4n) is 1.60. The average molecular weight is 213 g/mol. The van der Waals surface area contributed by atoms with Gasteiger partial charge in [0.2, 0.25) is 0 Å². The van der Waals surface area contributed by atoms with Crippen LogP contribution >= 0.6 is 0 Å². The normalized spacial score (nSPS) is 16.2. The lowest BCUT2D eigenvalue weighted by molar-refractivity contribution is 0.124. The van der Waals surface area contributed by atoms with Gasteiger partial charge < -0.3 is 10.1 Å². The standard InChI is InChI=1S/C13H27NO/c1-12(2)11-14-8-3-4-9-15-10-7-13-5-6-13/h12-14H,3-11H2,1-2H3.